The van der Waals surface area contributed by atoms with Crippen molar-refractivity contribution in [2.45, 2.75) is 25.5 Å². The van der Waals surface area contributed by atoms with E-state index >= 15 is 0 Å². The predicted molar refractivity (Wildman–Crippen MR) is 142 cm³/mol. The van der Waals surface area contributed by atoms with Crippen molar-refractivity contribution < 1.29 is 4.79 Å². The van der Waals surface area contributed by atoms with Crippen LogP contribution in [-0.4, -0.2) is 31.4 Å². The molecule has 0 spiro atoms. The highest BCUT2D eigenvalue weighted by molar-refractivity contribution is 7.99. The third kappa shape index (κ3) is 5.52. The molecule has 2 heterocycles. The van der Waals surface area contributed by atoms with Gasteiger partial charge in [-0.15, -0.1) is 28.1 Å². The Labute approximate surface area is 216 Å². The molecule has 10 heteroatoms. The SMILES string of the molecule is C=CCn1c(SCC(=O)Nc2nc(-c3ccc(C)c(C)c3)cs2)nnc1-c1ccc(Cl)c(Cl)c1. The van der Waals surface area contributed by atoms with Crippen molar-refractivity contribution in [3.05, 3.63) is 75.6 Å². The summed E-state index contributed by atoms with van der Waals surface area (Å²) in [5.41, 5.74) is 5.09. The van der Waals surface area contributed by atoms with Crippen LogP contribution in [0.2, 0.25) is 10.0 Å². The number of thiazole rings is 1. The fourth-order valence-electron chi connectivity index (χ4n) is 3.19. The van der Waals surface area contributed by atoms with Gasteiger partial charge >= 0.3 is 0 Å². The Balaban J connectivity index is 1.43. The molecule has 0 aliphatic carbocycles. The Hall–Kier alpha value is -2.65. The summed E-state index contributed by atoms with van der Waals surface area (Å²) >= 11 is 14.9. The Morgan fingerprint density at radius 2 is 1.91 bits per heavy atom. The summed E-state index contributed by atoms with van der Waals surface area (Å²) in [4.78, 5) is 17.1. The lowest BCUT2D eigenvalue weighted by Crippen LogP contribution is -2.14. The second kappa shape index (κ2) is 10.7. The molecule has 0 unspecified atom stereocenters. The molecule has 174 valence electrons. The number of hydrogen-bond acceptors (Lipinski definition) is 6. The summed E-state index contributed by atoms with van der Waals surface area (Å²) in [5.74, 6) is 0.615. The quantitative estimate of drug-likeness (QED) is 0.198. The highest BCUT2D eigenvalue weighted by Gasteiger charge is 2.16. The van der Waals surface area contributed by atoms with Gasteiger partial charge in [-0.2, -0.15) is 0 Å². The van der Waals surface area contributed by atoms with E-state index in [0.29, 0.717) is 32.7 Å². The first kappa shape index (κ1) is 24.5. The second-order valence-electron chi connectivity index (χ2n) is 7.51. The van der Waals surface area contributed by atoms with Crippen LogP contribution in [0.3, 0.4) is 0 Å². The second-order valence-corrected chi connectivity index (χ2v) is 10.1. The van der Waals surface area contributed by atoms with Crippen LogP contribution >= 0.6 is 46.3 Å². The van der Waals surface area contributed by atoms with Crippen molar-refractivity contribution in [1.29, 1.82) is 0 Å². The number of aryl methyl sites for hydroxylation is 2. The van der Waals surface area contributed by atoms with E-state index in [9.17, 15) is 4.79 Å². The van der Waals surface area contributed by atoms with Crippen LogP contribution in [0.5, 0.6) is 0 Å². The van der Waals surface area contributed by atoms with Crippen LogP contribution in [-0.2, 0) is 11.3 Å². The van der Waals surface area contributed by atoms with Gasteiger partial charge in [0.25, 0.3) is 0 Å². The lowest BCUT2D eigenvalue weighted by molar-refractivity contribution is -0.113. The van der Waals surface area contributed by atoms with Gasteiger partial charge in [-0.05, 0) is 49.2 Å². The van der Waals surface area contributed by atoms with E-state index < -0.39 is 0 Å². The standard InChI is InChI=1S/C24H21Cl2N5OS2/c1-4-9-31-22(17-7-8-18(25)19(26)11-17)29-30-24(31)34-13-21(32)28-23-27-20(12-33-23)16-6-5-14(2)15(3)10-16/h4-8,10-12H,1,9,13H2,2-3H3,(H,27,28,32). The number of benzene rings is 2. The Bertz CT molecular complexity index is 1370. The number of carbonyl (C=O) groups is 1. The van der Waals surface area contributed by atoms with Gasteiger partial charge in [0.2, 0.25) is 5.91 Å². The average molecular weight is 531 g/mol. The molecule has 0 atom stereocenters. The summed E-state index contributed by atoms with van der Waals surface area (Å²) in [5, 5.41) is 15.4. The minimum absolute atomic E-state index is 0.162. The smallest absolute Gasteiger partial charge is 0.236 e. The molecular formula is C24H21Cl2N5OS2. The maximum atomic E-state index is 12.6. The number of amides is 1. The van der Waals surface area contributed by atoms with Crippen molar-refractivity contribution >= 4 is 57.3 Å². The zero-order chi connectivity index (χ0) is 24.2. The van der Waals surface area contributed by atoms with Crippen LogP contribution < -0.4 is 5.32 Å². The molecule has 2 aromatic carbocycles. The lowest BCUT2D eigenvalue weighted by atomic mass is 10.1. The molecule has 4 aromatic rings. The van der Waals surface area contributed by atoms with E-state index in [0.717, 1.165) is 16.8 Å². The Kier molecular flexibility index (Phi) is 7.73. The van der Waals surface area contributed by atoms with Crippen LogP contribution in [0.15, 0.2) is 59.6 Å². The summed E-state index contributed by atoms with van der Waals surface area (Å²) in [6.45, 7) is 8.45. The van der Waals surface area contributed by atoms with E-state index in [-0.39, 0.29) is 11.7 Å². The normalized spacial score (nSPS) is 10.9. The van der Waals surface area contributed by atoms with Gasteiger partial charge < -0.3 is 5.32 Å². The van der Waals surface area contributed by atoms with Crippen LogP contribution in [0.4, 0.5) is 5.13 Å². The first-order chi connectivity index (χ1) is 16.4. The average Bonchev–Trinajstić information content (AvgIpc) is 3.44. The molecule has 0 radical (unpaired) electrons. The molecule has 0 fully saturated rings. The molecule has 6 nitrogen and oxygen atoms in total. The number of hydrogen-bond donors (Lipinski definition) is 1. The van der Waals surface area contributed by atoms with Crippen molar-refractivity contribution in [2.24, 2.45) is 0 Å². The van der Waals surface area contributed by atoms with Gasteiger partial charge in [-0.1, -0.05) is 53.2 Å². The molecule has 0 bridgehead atoms. The third-order valence-electron chi connectivity index (χ3n) is 5.09. The van der Waals surface area contributed by atoms with E-state index in [2.05, 4.69) is 53.1 Å². The highest BCUT2D eigenvalue weighted by Crippen LogP contribution is 2.30. The predicted octanol–water partition coefficient (Wildman–Crippen LogP) is 6.91. The number of halogens is 2. The van der Waals surface area contributed by atoms with E-state index in [1.807, 2.05) is 22.1 Å². The number of aromatic nitrogens is 4. The van der Waals surface area contributed by atoms with Gasteiger partial charge in [0, 0.05) is 23.1 Å². The number of nitrogens with one attached hydrogen (secondary N) is 1. The van der Waals surface area contributed by atoms with E-state index in [1.54, 1.807) is 18.2 Å². The lowest BCUT2D eigenvalue weighted by Gasteiger charge is -2.08. The number of anilines is 1. The zero-order valence-electron chi connectivity index (χ0n) is 18.5. The number of allylic oxidation sites excluding steroid dienone is 1. The fourth-order valence-corrected chi connectivity index (χ4v) is 4.97. The first-order valence-electron chi connectivity index (χ1n) is 10.3. The highest BCUT2D eigenvalue weighted by atomic mass is 35.5. The molecule has 0 aliphatic rings. The van der Waals surface area contributed by atoms with Gasteiger partial charge in [0.1, 0.15) is 0 Å². The van der Waals surface area contributed by atoms with Crippen molar-refractivity contribution in [2.75, 3.05) is 11.1 Å². The summed E-state index contributed by atoms with van der Waals surface area (Å²) < 4.78 is 1.88. The first-order valence-corrected chi connectivity index (χ1v) is 12.9. The Morgan fingerprint density at radius 1 is 1.12 bits per heavy atom. The zero-order valence-corrected chi connectivity index (χ0v) is 21.7. The van der Waals surface area contributed by atoms with Crippen molar-refractivity contribution in [1.82, 2.24) is 19.7 Å². The molecule has 0 saturated heterocycles. The minimum atomic E-state index is -0.171. The topological polar surface area (TPSA) is 72.7 Å². The van der Waals surface area contributed by atoms with Crippen molar-refractivity contribution in [3.8, 4) is 22.6 Å². The maximum Gasteiger partial charge on any atom is 0.236 e. The molecule has 4 rings (SSSR count). The molecular weight excluding hydrogens is 509 g/mol. The largest absolute Gasteiger partial charge is 0.301 e. The molecule has 34 heavy (non-hydrogen) atoms. The molecule has 1 N–H and O–H groups in total. The van der Waals surface area contributed by atoms with Gasteiger partial charge in [0.15, 0.2) is 16.1 Å². The summed E-state index contributed by atoms with van der Waals surface area (Å²) in [6, 6.07) is 11.5. The molecule has 2 aromatic heterocycles. The molecule has 1 amide bonds. The van der Waals surface area contributed by atoms with E-state index in [1.165, 1.54) is 34.2 Å². The number of carbonyl (C=O) groups excluding carboxylic acids is 1. The minimum Gasteiger partial charge on any atom is -0.301 e. The van der Waals surface area contributed by atoms with Gasteiger partial charge in [0.05, 0.1) is 21.5 Å². The summed E-state index contributed by atoms with van der Waals surface area (Å²) in [6.07, 6.45) is 1.75. The molecule has 0 saturated carbocycles. The van der Waals surface area contributed by atoms with Crippen molar-refractivity contribution in [3.63, 3.8) is 0 Å². The Morgan fingerprint density at radius 3 is 2.65 bits per heavy atom. The van der Waals surface area contributed by atoms with Crippen LogP contribution in [0.1, 0.15) is 11.1 Å². The van der Waals surface area contributed by atoms with Crippen LogP contribution in [0.25, 0.3) is 22.6 Å². The van der Waals surface area contributed by atoms with Gasteiger partial charge in [-0.25, -0.2) is 4.98 Å². The van der Waals surface area contributed by atoms with E-state index in [4.69, 9.17) is 23.2 Å². The van der Waals surface area contributed by atoms with Crippen LogP contribution in [0, 0.1) is 13.8 Å². The third-order valence-corrected chi connectivity index (χ3v) is 7.56. The van der Waals surface area contributed by atoms with Gasteiger partial charge in [-0.3, -0.25) is 9.36 Å². The molecule has 0 aliphatic heterocycles. The number of nitrogens with zero attached hydrogens (tertiary/aromatic N) is 4. The number of thioether (sulfide) groups is 1. The maximum absolute atomic E-state index is 12.6. The monoisotopic (exact) mass is 529 g/mol. The number of rotatable bonds is 8. The fraction of sp³-hybridized carbons (Fsp3) is 0.167. The summed E-state index contributed by atoms with van der Waals surface area (Å²) in [7, 11) is 0.